The lowest BCUT2D eigenvalue weighted by Crippen LogP contribution is -2.40. The Morgan fingerprint density at radius 2 is 2.00 bits per heavy atom. The molecule has 20 heavy (non-hydrogen) atoms. The van der Waals surface area contributed by atoms with Crippen LogP contribution in [-0.2, 0) is 6.54 Å². The standard InChI is InChI=1S/C15H20N4O/c1-12(2)17-15(20)16-9-11-19-10-8-14(18-19)13-6-4-3-5-7-13/h3-8,10,12H,9,11H2,1-2H3,(H2,16,17,20). The molecule has 1 aromatic heterocycles. The van der Waals surface area contributed by atoms with Crippen LogP contribution in [0.5, 0.6) is 0 Å². The van der Waals surface area contributed by atoms with Crippen LogP contribution < -0.4 is 10.6 Å². The third-order valence-electron chi connectivity index (χ3n) is 2.76. The molecule has 2 rings (SSSR count). The van der Waals surface area contributed by atoms with Crippen molar-refractivity contribution in [3.05, 3.63) is 42.6 Å². The number of urea groups is 1. The molecule has 106 valence electrons. The van der Waals surface area contributed by atoms with Gasteiger partial charge in [-0.05, 0) is 19.9 Å². The van der Waals surface area contributed by atoms with E-state index >= 15 is 0 Å². The topological polar surface area (TPSA) is 59.0 Å². The number of aromatic nitrogens is 2. The first-order valence-corrected chi connectivity index (χ1v) is 6.78. The van der Waals surface area contributed by atoms with Crippen LogP contribution in [0, 0.1) is 0 Å². The van der Waals surface area contributed by atoms with Gasteiger partial charge in [0.1, 0.15) is 0 Å². The van der Waals surface area contributed by atoms with Gasteiger partial charge < -0.3 is 10.6 Å². The molecule has 0 radical (unpaired) electrons. The molecule has 0 saturated heterocycles. The number of hydrogen-bond acceptors (Lipinski definition) is 2. The summed E-state index contributed by atoms with van der Waals surface area (Å²) in [5.74, 6) is 0. The fourth-order valence-electron chi connectivity index (χ4n) is 1.85. The maximum atomic E-state index is 11.4. The van der Waals surface area contributed by atoms with Gasteiger partial charge in [-0.25, -0.2) is 4.79 Å². The van der Waals surface area contributed by atoms with E-state index in [-0.39, 0.29) is 12.1 Å². The molecule has 5 heteroatoms. The van der Waals surface area contributed by atoms with E-state index in [0.29, 0.717) is 13.1 Å². The monoisotopic (exact) mass is 272 g/mol. The highest BCUT2D eigenvalue weighted by molar-refractivity contribution is 5.74. The van der Waals surface area contributed by atoms with Crippen LogP contribution in [0.2, 0.25) is 0 Å². The third kappa shape index (κ3) is 4.12. The summed E-state index contributed by atoms with van der Waals surface area (Å²) in [7, 11) is 0. The van der Waals surface area contributed by atoms with Gasteiger partial charge in [0.05, 0.1) is 12.2 Å². The zero-order valence-electron chi connectivity index (χ0n) is 11.8. The molecule has 0 aliphatic rings. The van der Waals surface area contributed by atoms with E-state index in [0.717, 1.165) is 11.3 Å². The number of benzene rings is 1. The molecule has 2 aromatic rings. The Hall–Kier alpha value is -2.30. The van der Waals surface area contributed by atoms with Crippen LogP contribution >= 0.6 is 0 Å². The van der Waals surface area contributed by atoms with E-state index in [4.69, 9.17) is 0 Å². The molecule has 1 heterocycles. The van der Waals surface area contributed by atoms with Crippen molar-refractivity contribution in [1.29, 1.82) is 0 Å². The van der Waals surface area contributed by atoms with Gasteiger partial charge >= 0.3 is 6.03 Å². The smallest absolute Gasteiger partial charge is 0.315 e. The van der Waals surface area contributed by atoms with E-state index in [1.54, 1.807) is 0 Å². The summed E-state index contributed by atoms with van der Waals surface area (Å²) in [6.45, 7) is 5.06. The zero-order valence-corrected chi connectivity index (χ0v) is 11.8. The Morgan fingerprint density at radius 3 is 2.70 bits per heavy atom. The summed E-state index contributed by atoms with van der Waals surface area (Å²) < 4.78 is 1.83. The van der Waals surface area contributed by atoms with Crippen LogP contribution in [0.4, 0.5) is 4.79 Å². The van der Waals surface area contributed by atoms with E-state index in [2.05, 4.69) is 15.7 Å². The first kappa shape index (κ1) is 14.1. The van der Waals surface area contributed by atoms with Gasteiger partial charge in [-0.15, -0.1) is 0 Å². The lowest BCUT2D eigenvalue weighted by atomic mass is 10.2. The van der Waals surface area contributed by atoms with Crippen LogP contribution in [0.15, 0.2) is 42.6 Å². The molecule has 2 N–H and O–H groups in total. The number of nitrogens with one attached hydrogen (secondary N) is 2. The zero-order chi connectivity index (χ0) is 14.4. The second-order valence-electron chi connectivity index (χ2n) is 4.89. The van der Waals surface area contributed by atoms with Gasteiger partial charge in [0.2, 0.25) is 0 Å². The largest absolute Gasteiger partial charge is 0.336 e. The highest BCUT2D eigenvalue weighted by atomic mass is 16.2. The molecule has 1 aromatic carbocycles. The van der Waals surface area contributed by atoms with Crippen molar-refractivity contribution in [2.45, 2.75) is 26.4 Å². The van der Waals surface area contributed by atoms with Crippen molar-refractivity contribution in [3.63, 3.8) is 0 Å². The molecule has 0 fully saturated rings. The fourth-order valence-corrected chi connectivity index (χ4v) is 1.85. The van der Waals surface area contributed by atoms with Crippen molar-refractivity contribution in [2.75, 3.05) is 6.54 Å². The van der Waals surface area contributed by atoms with Gasteiger partial charge in [-0.3, -0.25) is 4.68 Å². The number of carbonyl (C=O) groups is 1. The average molecular weight is 272 g/mol. The van der Waals surface area contributed by atoms with E-state index < -0.39 is 0 Å². The number of nitrogens with zero attached hydrogens (tertiary/aromatic N) is 2. The predicted octanol–water partition coefficient (Wildman–Crippen LogP) is 2.26. The minimum absolute atomic E-state index is 0.143. The van der Waals surface area contributed by atoms with Crippen LogP contribution in [0.3, 0.4) is 0 Å². The average Bonchev–Trinajstić information content (AvgIpc) is 2.88. The third-order valence-corrected chi connectivity index (χ3v) is 2.76. The molecule has 0 unspecified atom stereocenters. The van der Waals surface area contributed by atoms with Gasteiger partial charge in [0.25, 0.3) is 0 Å². The molecule has 0 aliphatic heterocycles. The summed E-state index contributed by atoms with van der Waals surface area (Å²) in [6.07, 6.45) is 1.92. The summed E-state index contributed by atoms with van der Waals surface area (Å²) >= 11 is 0. The summed E-state index contributed by atoms with van der Waals surface area (Å²) in [6, 6.07) is 12.0. The Morgan fingerprint density at radius 1 is 1.25 bits per heavy atom. The van der Waals surface area contributed by atoms with Crippen molar-refractivity contribution in [2.24, 2.45) is 0 Å². The first-order valence-electron chi connectivity index (χ1n) is 6.78. The molecule has 0 spiro atoms. The summed E-state index contributed by atoms with van der Waals surface area (Å²) in [4.78, 5) is 11.4. The van der Waals surface area contributed by atoms with Crippen LogP contribution in [0.25, 0.3) is 11.3 Å². The lowest BCUT2D eigenvalue weighted by Gasteiger charge is -2.09. The van der Waals surface area contributed by atoms with Crippen molar-refractivity contribution in [3.8, 4) is 11.3 Å². The Kier molecular flexibility index (Phi) is 4.76. The number of rotatable bonds is 5. The molecule has 5 nitrogen and oxygen atoms in total. The molecule has 0 saturated carbocycles. The lowest BCUT2D eigenvalue weighted by molar-refractivity contribution is 0.238. The molecule has 0 aliphatic carbocycles. The predicted molar refractivity (Wildman–Crippen MR) is 79.3 cm³/mol. The summed E-state index contributed by atoms with van der Waals surface area (Å²) in [5, 5.41) is 10.1. The molecular formula is C15H20N4O. The summed E-state index contributed by atoms with van der Waals surface area (Å²) in [5.41, 5.74) is 2.04. The quantitative estimate of drug-likeness (QED) is 0.877. The number of hydrogen-bond donors (Lipinski definition) is 2. The van der Waals surface area contributed by atoms with Gasteiger partial charge in [-0.2, -0.15) is 5.10 Å². The maximum absolute atomic E-state index is 11.4. The minimum Gasteiger partial charge on any atom is -0.336 e. The Labute approximate surface area is 119 Å². The van der Waals surface area contributed by atoms with E-state index in [1.807, 2.05) is 61.1 Å². The van der Waals surface area contributed by atoms with Gasteiger partial charge in [-0.1, -0.05) is 30.3 Å². The second kappa shape index (κ2) is 6.75. The van der Waals surface area contributed by atoms with E-state index in [1.165, 1.54) is 0 Å². The highest BCUT2D eigenvalue weighted by Crippen LogP contribution is 2.15. The number of carbonyl (C=O) groups excluding carboxylic acids is 1. The Balaban J connectivity index is 1.83. The fraction of sp³-hybridized carbons (Fsp3) is 0.333. The minimum atomic E-state index is -0.143. The number of amides is 2. The van der Waals surface area contributed by atoms with Gasteiger partial charge in [0.15, 0.2) is 0 Å². The second-order valence-corrected chi connectivity index (χ2v) is 4.89. The molecular weight excluding hydrogens is 252 g/mol. The van der Waals surface area contributed by atoms with Crippen LogP contribution in [-0.4, -0.2) is 28.4 Å². The molecule has 0 atom stereocenters. The van der Waals surface area contributed by atoms with Crippen molar-refractivity contribution in [1.82, 2.24) is 20.4 Å². The highest BCUT2D eigenvalue weighted by Gasteiger charge is 2.03. The maximum Gasteiger partial charge on any atom is 0.315 e. The van der Waals surface area contributed by atoms with Crippen LogP contribution in [0.1, 0.15) is 13.8 Å². The first-order chi connectivity index (χ1) is 9.65. The Bertz CT molecular complexity index is 548. The molecule has 2 amide bonds. The molecule has 0 bridgehead atoms. The van der Waals surface area contributed by atoms with Crippen molar-refractivity contribution >= 4 is 6.03 Å². The SMILES string of the molecule is CC(C)NC(=O)NCCn1ccc(-c2ccccc2)n1. The van der Waals surface area contributed by atoms with E-state index in [9.17, 15) is 4.79 Å². The van der Waals surface area contributed by atoms with Gasteiger partial charge in [0, 0.05) is 24.3 Å². The van der Waals surface area contributed by atoms with Crippen molar-refractivity contribution < 1.29 is 4.79 Å². The normalized spacial score (nSPS) is 10.6.